The van der Waals surface area contributed by atoms with E-state index in [0.717, 1.165) is 0 Å². The number of rotatable bonds is 0. The summed E-state index contributed by atoms with van der Waals surface area (Å²) < 4.78 is 0. The Morgan fingerprint density at radius 1 is 0.176 bits per heavy atom. The maximum absolute atomic E-state index is 0. The van der Waals surface area contributed by atoms with Crippen LogP contribution in [-0.2, 0) is 129 Å². The Labute approximate surface area is 197 Å². The molecule has 0 unspecified atom stereocenters. The number of hydrogen-bond donors (Lipinski definition) is 0. The van der Waals surface area contributed by atoms with E-state index in [4.69, 9.17) is 0 Å². The molecule has 0 bridgehead atoms. The molecule has 0 amide bonds. The van der Waals surface area contributed by atoms with E-state index in [1.165, 1.54) is 0 Å². The molecule has 17 heteroatoms. The van der Waals surface area contributed by atoms with Crippen LogP contribution in [-0.4, -0.2) is 0 Å². The Morgan fingerprint density at radius 2 is 0.176 bits per heavy atom. The van der Waals surface area contributed by atoms with Crippen molar-refractivity contribution >= 4 is 0 Å². The molecule has 17 heavy (non-hydrogen) atoms. The van der Waals surface area contributed by atoms with Gasteiger partial charge in [-0.25, -0.2) is 0 Å². The van der Waals surface area contributed by atoms with Gasteiger partial charge in [0, 0.05) is 63.2 Å². The third-order valence-corrected chi connectivity index (χ3v) is 0. The maximum Gasteiger partial charge on any atom is 3.00 e. The SMILES string of the molecule is [La+3].[La+3].[O-2].[O-2].[O-2].[O-2].[O-2].[O-2].[O-2].[O-2].[O-2].[O-2].[O-2].[O-2].[W].[W].[W]. The van der Waals surface area contributed by atoms with Crippen molar-refractivity contribution in [1.82, 2.24) is 0 Å². The summed E-state index contributed by atoms with van der Waals surface area (Å²) in [6.07, 6.45) is 0. The summed E-state index contributed by atoms with van der Waals surface area (Å²) in [5.74, 6) is 0. The van der Waals surface area contributed by atoms with Gasteiger partial charge in [-0.05, 0) is 0 Å². The molecule has 0 saturated heterocycles. The summed E-state index contributed by atoms with van der Waals surface area (Å²) in [6.45, 7) is 0. The Balaban J connectivity index is 0. The summed E-state index contributed by atoms with van der Waals surface area (Å²) in [4.78, 5) is 0. The van der Waals surface area contributed by atoms with Crippen LogP contribution < -0.4 is 0 Å². The fraction of sp³-hybridized carbons (Fsp3) is 0. The molecule has 0 aliphatic heterocycles. The van der Waals surface area contributed by atoms with Crippen molar-refractivity contribution in [3.8, 4) is 0 Å². The second-order valence-electron chi connectivity index (χ2n) is 0. The normalized spacial score (nSPS) is 0. The zero-order valence-corrected chi connectivity index (χ0v) is 23.3. The van der Waals surface area contributed by atoms with Crippen LogP contribution in [0.3, 0.4) is 0 Å². The second-order valence-corrected chi connectivity index (χ2v) is 0. The van der Waals surface area contributed by atoms with E-state index in [1.807, 2.05) is 0 Å². The first-order valence-corrected chi connectivity index (χ1v) is 0. The monoisotopic (exact) mass is 1020 g/mol. The van der Waals surface area contributed by atoms with Gasteiger partial charge in [0.2, 0.25) is 0 Å². The molecule has 0 rings (SSSR count). The smallest absolute Gasteiger partial charge is 2.00 e. The molecular formula is La2O12W3-18. The predicted molar refractivity (Wildman–Crippen MR) is 8.24 cm³/mol. The van der Waals surface area contributed by atoms with E-state index in [1.54, 1.807) is 0 Å². The Kier molecular flexibility index (Phi) is 14200. The molecular weight excluding hydrogens is 1020 g/mol. The fourth-order valence-electron chi connectivity index (χ4n) is 0. The average Bonchev–Trinajstić information content (AvgIpc) is 0. The fourth-order valence-corrected chi connectivity index (χ4v) is 0. The molecule has 0 aromatic rings. The summed E-state index contributed by atoms with van der Waals surface area (Å²) in [5, 5.41) is 0. The molecule has 0 aromatic carbocycles. The Bertz CT molecular complexity index is 19.7. The van der Waals surface area contributed by atoms with Gasteiger partial charge >= 0.3 is 71.2 Å². The molecule has 0 heterocycles. The van der Waals surface area contributed by atoms with E-state index < -0.39 is 0 Å². The topological polar surface area (TPSA) is 342 Å². The van der Waals surface area contributed by atoms with Crippen LogP contribution in [0, 0.1) is 71.2 Å². The summed E-state index contributed by atoms with van der Waals surface area (Å²) in [6, 6.07) is 0. The summed E-state index contributed by atoms with van der Waals surface area (Å²) in [5.41, 5.74) is 0. The van der Waals surface area contributed by atoms with Gasteiger partial charge in [0.25, 0.3) is 0 Å². The van der Waals surface area contributed by atoms with Crippen molar-refractivity contribution in [1.29, 1.82) is 0 Å². The predicted octanol–water partition coefficient (Wildman–Crippen LogP) is -1.43. The quantitative estimate of drug-likeness (QED) is 0.270. The largest absolute Gasteiger partial charge is 3.00 e. The van der Waals surface area contributed by atoms with Crippen molar-refractivity contribution in [3.63, 3.8) is 0 Å². The zero-order valence-electron chi connectivity index (χ0n) is 7.28. The molecule has 0 saturated carbocycles. The van der Waals surface area contributed by atoms with Crippen LogP contribution >= 0.6 is 0 Å². The summed E-state index contributed by atoms with van der Waals surface area (Å²) >= 11 is 0. The minimum absolute atomic E-state index is 0. The standard InChI is InChI=1S/2La.12O.3W/q2*+3;12*-2;;;. The maximum atomic E-state index is 0. The van der Waals surface area contributed by atoms with E-state index in [-0.39, 0.29) is 200 Å². The molecule has 0 fully saturated rings. The minimum Gasteiger partial charge on any atom is -2.00 e. The van der Waals surface area contributed by atoms with Gasteiger partial charge < -0.3 is 65.7 Å². The molecule has 0 atom stereocenters. The van der Waals surface area contributed by atoms with E-state index >= 15 is 0 Å². The van der Waals surface area contributed by atoms with Crippen LogP contribution in [0.5, 0.6) is 0 Å². The van der Waals surface area contributed by atoms with Crippen LogP contribution in [0.15, 0.2) is 0 Å². The third-order valence-electron chi connectivity index (χ3n) is 0. The van der Waals surface area contributed by atoms with E-state index in [9.17, 15) is 0 Å². The molecule has 0 aliphatic rings. The Morgan fingerprint density at radius 3 is 0.176 bits per heavy atom. The molecule has 0 aliphatic carbocycles. The van der Waals surface area contributed by atoms with Crippen LogP contribution in [0.4, 0.5) is 0 Å². The van der Waals surface area contributed by atoms with Gasteiger partial charge in [-0.1, -0.05) is 0 Å². The zero-order chi connectivity index (χ0) is 0. The van der Waals surface area contributed by atoms with Crippen molar-refractivity contribution < 1.29 is 200 Å². The van der Waals surface area contributed by atoms with Gasteiger partial charge in [0.05, 0.1) is 0 Å². The third kappa shape index (κ3) is 409. The molecule has 12 nitrogen and oxygen atoms in total. The van der Waals surface area contributed by atoms with Gasteiger partial charge in [-0.3, -0.25) is 0 Å². The van der Waals surface area contributed by atoms with Crippen molar-refractivity contribution in [2.45, 2.75) is 0 Å². The molecule has 0 aromatic heterocycles. The van der Waals surface area contributed by atoms with E-state index in [2.05, 4.69) is 0 Å². The van der Waals surface area contributed by atoms with Gasteiger partial charge in [-0.2, -0.15) is 0 Å². The van der Waals surface area contributed by atoms with Crippen LogP contribution in [0.2, 0.25) is 0 Å². The first-order valence-electron chi connectivity index (χ1n) is 0. The van der Waals surface area contributed by atoms with Crippen molar-refractivity contribution in [2.24, 2.45) is 0 Å². The van der Waals surface area contributed by atoms with Gasteiger partial charge in [0.1, 0.15) is 0 Å². The van der Waals surface area contributed by atoms with Crippen molar-refractivity contribution in [2.75, 3.05) is 0 Å². The molecule has 0 radical (unpaired) electrons. The first-order chi connectivity index (χ1) is 0. The Hall–Kier alpha value is 3.97. The number of hydrogen-bond acceptors (Lipinski definition) is 0. The molecule has 0 spiro atoms. The molecule has 114 valence electrons. The van der Waals surface area contributed by atoms with Crippen molar-refractivity contribution in [3.05, 3.63) is 0 Å². The minimum atomic E-state index is 0. The summed E-state index contributed by atoms with van der Waals surface area (Å²) in [7, 11) is 0. The average molecular weight is 1020 g/mol. The van der Waals surface area contributed by atoms with E-state index in [0.29, 0.717) is 0 Å². The molecule has 0 N–H and O–H groups in total. The second kappa shape index (κ2) is 455. The van der Waals surface area contributed by atoms with Gasteiger partial charge in [-0.15, -0.1) is 0 Å². The van der Waals surface area contributed by atoms with Crippen LogP contribution in [0.25, 0.3) is 0 Å². The van der Waals surface area contributed by atoms with Crippen LogP contribution in [0.1, 0.15) is 0 Å². The van der Waals surface area contributed by atoms with Gasteiger partial charge in [0.15, 0.2) is 0 Å². The first kappa shape index (κ1) is 530.